The molecule has 0 N–H and O–H groups in total. The van der Waals surface area contributed by atoms with Crippen molar-refractivity contribution in [1.82, 2.24) is 0 Å². The molecular formula is C21H22N2O6S2. The first kappa shape index (κ1) is 21.5. The lowest BCUT2D eigenvalue weighted by atomic mass is 10.2. The Kier molecular flexibility index (Phi) is 5.85. The molecule has 2 heterocycles. The molecule has 0 radical (unpaired) electrons. The molecule has 8 nitrogen and oxygen atoms in total. The minimum absolute atomic E-state index is 0.00869. The normalized spacial score (nSPS) is 22.9. The fourth-order valence-corrected chi connectivity index (χ4v) is 7.64. The molecule has 164 valence electrons. The highest BCUT2D eigenvalue weighted by Gasteiger charge is 2.49. The highest BCUT2D eigenvalue weighted by Crippen LogP contribution is 2.43. The first-order valence-corrected chi connectivity index (χ1v) is 12.2. The van der Waals surface area contributed by atoms with Gasteiger partial charge >= 0.3 is 0 Å². The molecule has 2 aromatic carbocycles. The molecular weight excluding hydrogens is 440 g/mol. The van der Waals surface area contributed by atoms with Gasteiger partial charge in [0, 0.05) is 22.6 Å². The number of hydrogen-bond acceptors (Lipinski definition) is 7. The number of carbonyl (C=O) groups is 1. The maximum Gasteiger partial charge on any atom is 0.279 e. The summed E-state index contributed by atoms with van der Waals surface area (Å²) in [6.45, 7) is 0. The first-order chi connectivity index (χ1) is 14.8. The van der Waals surface area contributed by atoms with Crippen molar-refractivity contribution in [3.8, 4) is 17.2 Å². The van der Waals surface area contributed by atoms with E-state index in [1.807, 2.05) is 11.0 Å². The minimum Gasteiger partial charge on any atom is -0.497 e. The van der Waals surface area contributed by atoms with E-state index in [9.17, 15) is 13.2 Å². The molecule has 2 saturated heterocycles. The average Bonchev–Trinajstić information content (AvgIpc) is 3.23. The van der Waals surface area contributed by atoms with E-state index in [0.29, 0.717) is 33.7 Å². The van der Waals surface area contributed by atoms with Crippen LogP contribution < -0.4 is 19.1 Å². The van der Waals surface area contributed by atoms with Crippen LogP contribution in [0.4, 0.5) is 5.69 Å². The number of aliphatic imine (C=N–C) groups is 1. The van der Waals surface area contributed by atoms with Gasteiger partial charge in [-0.1, -0.05) is 11.8 Å². The van der Waals surface area contributed by atoms with Crippen LogP contribution in [0.3, 0.4) is 0 Å². The van der Waals surface area contributed by atoms with Crippen LogP contribution in [0.25, 0.3) is 0 Å². The topological polar surface area (TPSA) is 94.5 Å². The molecule has 0 spiro atoms. The zero-order chi connectivity index (χ0) is 22.2. The Labute approximate surface area is 185 Å². The summed E-state index contributed by atoms with van der Waals surface area (Å²) in [7, 11) is 1.47. The Hall–Kier alpha value is -2.72. The van der Waals surface area contributed by atoms with Crippen molar-refractivity contribution in [1.29, 1.82) is 0 Å². The molecule has 2 atom stereocenters. The fraction of sp³-hybridized carbons (Fsp3) is 0.333. The molecule has 31 heavy (non-hydrogen) atoms. The number of carbonyl (C=O) groups excluding carboxylic acids is 1. The van der Waals surface area contributed by atoms with Crippen molar-refractivity contribution in [3.05, 3.63) is 48.0 Å². The van der Waals surface area contributed by atoms with Gasteiger partial charge < -0.3 is 19.1 Å². The van der Waals surface area contributed by atoms with Gasteiger partial charge in [-0.25, -0.2) is 8.42 Å². The number of sulfone groups is 1. The van der Waals surface area contributed by atoms with Gasteiger partial charge in [-0.3, -0.25) is 4.79 Å². The third kappa shape index (κ3) is 4.22. The Morgan fingerprint density at radius 3 is 2.35 bits per heavy atom. The monoisotopic (exact) mass is 462 g/mol. The number of amides is 1. The van der Waals surface area contributed by atoms with Crippen LogP contribution in [0.5, 0.6) is 17.2 Å². The standard InChI is InChI=1S/C21H22N2O6S2/c1-27-15-7-4-13(5-8-15)20(24)22-21-23(16-11-31(25,26)12-19(16)30-21)14-6-9-17(28-2)18(10-14)29-3/h4-10,16,19H,11-12H2,1-3H3/t16-,19-/m0/s1. The quantitative estimate of drug-likeness (QED) is 0.669. The number of benzene rings is 2. The summed E-state index contributed by atoms with van der Waals surface area (Å²) in [4.78, 5) is 19.0. The Morgan fingerprint density at radius 1 is 1.00 bits per heavy atom. The van der Waals surface area contributed by atoms with E-state index in [1.165, 1.54) is 18.9 Å². The second-order valence-electron chi connectivity index (χ2n) is 7.14. The lowest BCUT2D eigenvalue weighted by Gasteiger charge is -2.25. The van der Waals surface area contributed by atoms with Crippen molar-refractivity contribution in [3.63, 3.8) is 0 Å². The van der Waals surface area contributed by atoms with Gasteiger partial charge in [-0.2, -0.15) is 4.99 Å². The molecule has 0 unspecified atom stereocenters. The Balaban J connectivity index is 1.72. The zero-order valence-corrected chi connectivity index (χ0v) is 18.9. The number of amidine groups is 1. The number of hydrogen-bond donors (Lipinski definition) is 0. The SMILES string of the molecule is COc1ccc(C(=O)N=C2S[C@H]3CS(=O)(=O)C[C@@H]3N2c2ccc(OC)c(OC)c2)cc1. The average molecular weight is 463 g/mol. The fourth-order valence-electron chi connectivity index (χ4n) is 3.73. The summed E-state index contributed by atoms with van der Waals surface area (Å²) in [5, 5.41) is 0.276. The highest BCUT2D eigenvalue weighted by molar-refractivity contribution is 8.16. The molecule has 10 heteroatoms. The van der Waals surface area contributed by atoms with E-state index in [2.05, 4.69) is 4.99 Å². The maximum absolute atomic E-state index is 12.8. The Bertz CT molecular complexity index is 1130. The largest absolute Gasteiger partial charge is 0.497 e. The van der Waals surface area contributed by atoms with Gasteiger partial charge in [-0.15, -0.1) is 0 Å². The third-order valence-corrected chi connectivity index (χ3v) is 8.46. The number of anilines is 1. The van der Waals surface area contributed by atoms with Gasteiger partial charge in [0.2, 0.25) is 0 Å². The predicted molar refractivity (Wildman–Crippen MR) is 121 cm³/mol. The lowest BCUT2D eigenvalue weighted by molar-refractivity contribution is 0.100. The number of methoxy groups -OCH3 is 3. The van der Waals surface area contributed by atoms with Crippen LogP contribution >= 0.6 is 11.8 Å². The number of rotatable bonds is 5. The van der Waals surface area contributed by atoms with Gasteiger partial charge in [-0.05, 0) is 36.4 Å². The van der Waals surface area contributed by atoms with E-state index in [1.54, 1.807) is 50.6 Å². The summed E-state index contributed by atoms with van der Waals surface area (Å²) in [6.07, 6.45) is 0. The van der Waals surface area contributed by atoms with E-state index in [0.717, 1.165) is 0 Å². The summed E-state index contributed by atoms with van der Waals surface area (Å²) < 4.78 is 40.3. The van der Waals surface area contributed by atoms with Gasteiger partial charge in [0.1, 0.15) is 5.75 Å². The van der Waals surface area contributed by atoms with Crippen molar-refractivity contribution in [2.45, 2.75) is 11.3 Å². The number of fused-ring (bicyclic) bond motifs is 1. The summed E-state index contributed by atoms with van der Waals surface area (Å²) >= 11 is 1.32. The van der Waals surface area contributed by atoms with Crippen LogP contribution in [-0.4, -0.2) is 63.6 Å². The molecule has 1 amide bonds. The number of ether oxygens (including phenoxy) is 3. The summed E-state index contributed by atoms with van der Waals surface area (Å²) in [6, 6.07) is 11.7. The van der Waals surface area contributed by atoms with Crippen molar-refractivity contribution < 1.29 is 27.4 Å². The van der Waals surface area contributed by atoms with E-state index >= 15 is 0 Å². The number of nitrogens with zero attached hydrogens (tertiary/aromatic N) is 2. The van der Waals surface area contributed by atoms with E-state index in [4.69, 9.17) is 14.2 Å². The predicted octanol–water partition coefficient (Wildman–Crippen LogP) is 2.63. The molecule has 2 aliphatic rings. The first-order valence-electron chi connectivity index (χ1n) is 9.50. The van der Waals surface area contributed by atoms with E-state index < -0.39 is 15.7 Å². The van der Waals surface area contributed by atoms with Gasteiger partial charge in [0.05, 0.1) is 38.9 Å². The smallest absolute Gasteiger partial charge is 0.279 e. The molecule has 0 aromatic heterocycles. The lowest BCUT2D eigenvalue weighted by Crippen LogP contribution is -2.37. The van der Waals surface area contributed by atoms with Crippen molar-refractivity contribution in [2.75, 3.05) is 37.7 Å². The van der Waals surface area contributed by atoms with Crippen LogP contribution in [0.1, 0.15) is 10.4 Å². The summed E-state index contributed by atoms with van der Waals surface area (Å²) in [5.74, 6) is 1.37. The third-order valence-electron chi connectivity index (χ3n) is 5.25. The molecule has 2 aromatic rings. The van der Waals surface area contributed by atoms with Gasteiger partial charge in [0.25, 0.3) is 5.91 Å². The molecule has 2 aliphatic heterocycles. The zero-order valence-electron chi connectivity index (χ0n) is 17.3. The van der Waals surface area contributed by atoms with Crippen LogP contribution in [0.2, 0.25) is 0 Å². The van der Waals surface area contributed by atoms with E-state index in [-0.39, 0.29) is 22.8 Å². The second-order valence-corrected chi connectivity index (χ2v) is 10.5. The van der Waals surface area contributed by atoms with Crippen LogP contribution in [0, 0.1) is 0 Å². The molecule has 2 fully saturated rings. The number of thioether (sulfide) groups is 1. The van der Waals surface area contributed by atoms with Crippen LogP contribution in [0.15, 0.2) is 47.5 Å². The second kappa shape index (κ2) is 8.43. The molecule has 0 saturated carbocycles. The van der Waals surface area contributed by atoms with Crippen molar-refractivity contribution >= 4 is 38.4 Å². The summed E-state index contributed by atoms with van der Waals surface area (Å²) in [5.41, 5.74) is 1.11. The van der Waals surface area contributed by atoms with Gasteiger partial charge in [0.15, 0.2) is 26.5 Å². The molecule has 0 aliphatic carbocycles. The van der Waals surface area contributed by atoms with Crippen LogP contribution in [-0.2, 0) is 9.84 Å². The highest BCUT2D eigenvalue weighted by atomic mass is 32.2. The minimum atomic E-state index is -3.16. The maximum atomic E-state index is 12.8. The molecule has 0 bridgehead atoms. The Morgan fingerprint density at radius 2 is 1.71 bits per heavy atom. The van der Waals surface area contributed by atoms with Crippen molar-refractivity contribution in [2.24, 2.45) is 4.99 Å². The molecule has 4 rings (SSSR count).